The number of rotatable bonds is 6. The molecule has 1 heterocycles. The van der Waals surface area contributed by atoms with Crippen LogP contribution in [0.15, 0.2) is 12.1 Å². The van der Waals surface area contributed by atoms with Crippen LogP contribution in [0.4, 0.5) is 0 Å². The number of β-amino-alcohol motifs (C(OH)–C–C–N with tert-alkyl or cyclic N) is 1. The highest BCUT2D eigenvalue weighted by Gasteiger charge is 2.15. The number of likely N-dealkylation sites (tertiary alicyclic amines) is 1. The van der Waals surface area contributed by atoms with Gasteiger partial charge in [0.05, 0.1) is 6.10 Å². The molecule has 0 aliphatic carbocycles. The quantitative estimate of drug-likeness (QED) is 0.836. The molecule has 3 nitrogen and oxygen atoms in total. The summed E-state index contributed by atoms with van der Waals surface area (Å²) in [6.07, 6.45) is 2.29. The summed E-state index contributed by atoms with van der Waals surface area (Å²) in [4.78, 5) is 2.36. The van der Waals surface area contributed by atoms with Gasteiger partial charge in [-0.2, -0.15) is 0 Å². The molecule has 1 atom stereocenters. The van der Waals surface area contributed by atoms with Crippen LogP contribution in [-0.4, -0.2) is 42.3 Å². The molecule has 1 fully saturated rings. The summed E-state index contributed by atoms with van der Waals surface area (Å²) in [5.74, 6) is 0. The largest absolute Gasteiger partial charge is 0.390 e. The molecule has 0 saturated carbocycles. The van der Waals surface area contributed by atoms with Crippen LogP contribution in [0, 0.1) is 20.8 Å². The summed E-state index contributed by atoms with van der Waals surface area (Å²) in [7, 11) is 0. The zero-order valence-corrected chi connectivity index (χ0v) is 13.1. The molecule has 0 amide bonds. The Labute approximate surface area is 123 Å². The number of nitrogens with one attached hydrogen (secondary N) is 1. The second-order valence-electron chi connectivity index (χ2n) is 6.17. The molecule has 1 aromatic carbocycles. The molecule has 1 aliphatic rings. The van der Waals surface area contributed by atoms with Crippen molar-refractivity contribution in [3.63, 3.8) is 0 Å². The van der Waals surface area contributed by atoms with E-state index >= 15 is 0 Å². The van der Waals surface area contributed by atoms with Crippen LogP contribution in [-0.2, 0) is 6.54 Å². The second kappa shape index (κ2) is 7.21. The van der Waals surface area contributed by atoms with Crippen LogP contribution >= 0.6 is 0 Å². The van der Waals surface area contributed by atoms with E-state index in [-0.39, 0.29) is 6.10 Å². The topological polar surface area (TPSA) is 35.5 Å². The van der Waals surface area contributed by atoms with Crippen LogP contribution in [0.25, 0.3) is 0 Å². The Morgan fingerprint density at radius 3 is 2.35 bits per heavy atom. The third kappa shape index (κ3) is 4.30. The molecular weight excluding hydrogens is 248 g/mol. The number of hydrogen-bond donors (Lipinski definition) is 2. The van der Waals surface area contributed by atoms with Crippen molar-refractivity contribution in [3.8, 4) is 0 Å². The molecule has 2 N–H and O–H groups in total. The molecule has 0 bridgehead atoms. The molecular formula is C17H28N2O. The van der Waals surface area contributed by atoms with Crippen molar-refractivity contribution in [3.05, 3.63) is 34.4 Å². The molecule has 0 spiro atoms. The summed E-state index contributed by atoms with van der Waals surface area (Å²) in [6.45, 7) is 11.1. The van der Waals surface area contributed by atoms with E-state index in [1.54, 1.807) is 0 Å². The number of aryl methyl sites for hydroxylation is 3. The molecule has 1 saturated heterocycles. The molecule has 20 heavy (non-hydrogen) atoms. The monoisotopic (exact) mass is 276 g/mol. The average molecular weight is 276 g/mol. The van der Waals surface area contributed by atoms with Crippen molar-refractivity contribution in [2.45, 2.75) is 46.3 Å². The van der Waals surface area contributed by atoms with Gasteiger partial charge < -0.3 is 15.3 Å². The molecule has 2 rings (SSSR count). The molecule has 1 aliphatic heterocycles. The summed E-state index contributed by atoms with van der Waals surface area (Å²) < 4.78 is 0. The maximum atomic E-state index is 10.1. The SMILES string of the molecule is Cc1cc(C)c(CNCC(O)CN2CCCC2)c(C)c1. The van der Waals surface area contributed by atoms with Gasteiger partial charge in [0.15, 0.2) is 0 Å². The van der Waals surface area contributed by atoms with Gasteiger partial charge in [0, 0.05) is 19.6 Å². The molecule has 0 radical (unpaired) electrons. The molecule has 112 valence electrons. The smallest absolute Gasteiger partial charge is 0.0791 e. The minimum atomic E-state index is -0.265. The molecule has 1 aromatic rings. The first kappa shape index (κ1) is 15.5. The fourth-order valence-electron chi connectivity index (χ4n) is 3.18. The number of hydrogen-bond acceptors (Lipinski definition) is 3. The Hall–Kier alpha value is -0.900. The lowest BCUT2D eigenvalue weighted by Crippen LogP contribution is -2.37. The predicted octanol–water partition coefficient (Wildman–Crippen LogP) is 2.16. The van der Waals surface area contributed by atoms with E-state index < -0.39 is 0 Å². The fourth-order valence-corrected chi connectivity index (χ4v) is 3.18. The van der Waals surface area contributed by atoms with Gasteiger partial charge >= 0.3 is 0 Å². The van der Waals surface area contributed by atoms with Gasteiger partial charge in [-0.25, -0.2) is 0 Å². The zero-order valence-electron chi connectivity index (χ0n) is 13.1. The normalized spacial score (nSPS) is 17.6. The first-order valence-electron chi connectivity index (χ1n) is 7.74. The minimum absolute atomic E-state index is 0.265. The van der Waals surface area contributed by atoms with Crippen molar-refractivity contribution in [2.24, 2.45) is 0 Å². The lowest BCUT2D eigenvalue weighted by molar-refractivity contribution is 0.123. The van der Waals surface area contributed by atoms with Gasteiger partial charge in [-0.05, 0) is 63.4 Å². The van der Waals surface area contributed by atoms with E-state index in [9.17, 15) is 5.11 Å². The highest BCUT2D eigenvalue weighted by molar-refractivity contribution is 5.37. The van der Waals surface area contributed by atoms with Crippen LogP contribution < -0.4 is 5.32 Å². The lowest BCUT2D eigenvalue weighted by atomic mass is 10.00. The predicted molar refractivity (Wildman–Crippen MR) is 84.0 cm³/mol. The summed E-state index contributed by atoms with van der Waals surface area (Å²) in [5.41, 5.74) is 5.36. The van der Waals surface area contributed by atoms with E-state index in [0.717, 1.165) is 26.2 Å². The third-order valence-electron chi connectivity index (χ3n) is 4.19. The molecule has 0 aromatic heterocycles. The Kier molecular flexibility index (Phi) is 5.58. The summed E-state index contributed by atoms with van der Waals surface area (Å²) in [5, 5.41) is 13.5. The van der Waals surface area contributed by atoms with Crippen LogP contribution in [0.5, 0.6) is 0 Å². The van der Waals surface area contributed by atoms with Crippen LogP contribution in [0.1, 0.15) is 35.1 Å². The fraction of sp³-hybridized carbons (Fsp3) is 0.647. The Morgan fingerprint density at radius 1 is 1.15 bits per heavy atom. The Bertz CT molecular complexity index is 416. The maximum Gasteiger partial charge on any atom is 0.0791 e. The first-order chi connectivity index (χ1) is 9.56. The maximum absolute atomic E-state index is 10.1. The van der Waals surface area contributed by atoms with E-state index in [0.29, 0.717) is 6.54 Å². The number of nitrogens with zero attached hydrogens (tertiary/aromatic N) is 1. The Balaban J connectivity index is 1.77. The lowest BCUT2D eigenvalue weighted by Gasteiger charge is -2.20. The van der Waals surface area contributed by atoms with Crippen molar-refractivity contribution >= 4 is 0 Å². The van der Waals surface area contributed by atoms with Gasteiger partial charge in [-0.3, -0.25) is 0 Å². The van der Waals surface area contributed by atoms with Gasteiger partial charge in [0.2, 0.25) is 0 Å². The van der Waals surface area contributed by atoms with Crippen LogP contribution in [0.2, 0.25) is 0 Å². The van der Waals surface area contributed by atoms with Gasteiger partial charge in [0.1, 0.15) is 0 Å². The van der Waals surface area contributed by atoms with E-state index in [1.165, 1.54) is 35.1 Å². The standard InChI is InChI=1S/C17H28N2O/c1-13-8-14(2)17(15(3)9-13)11-18-10-16(20)12-19-6-4-5-7-19/h8-9,16,18,20H,4-7,10-12H2,1-3H3. The van der Waals surface area contributed by atoms with Crippen molar-refractivity contribution in [2.75, 3.05) is 26.2 Å². The van der Waals surface area contributed by atoms with Crippen LogP contribution in [0.3, 0.4) is 0 Å². The molecule has 3 heteroatoms. The summed E-state index contributed by atoms with van der Waals surface area (Å²) in [6, 6.07) is 4.45. The van der Waals surface area contributed by atoms with E-state index in [1.807, 2.05) is 0 Å². The number of benzene rings is 1. The van der Waals surface area contributed by atoms with Crippen molar-refractivity contribution in [1.29, 1.82) is 0 Å². The van der Waals surface area contributed by atoms with Gasteiger partial charge in [-0.15, -0.1) is 0 Å². The average Bonchev–Trinajstić information content (AvgIpc) is 2.85. The highest BCUT2D eigenvalue weighted by Crippen LogP contribution is 2.16. The van der Waals surface area contributed by atoms with Crippen molar-refractivity contribution < 1.29 is 5.11 Å². The summed E-state index contributed by atoms with van der Waals surface area (Å²) >= 11 is 0. The van der Waals surface area contributed by atoms with E-state index in [2.05, 4.69) is 43.1 Å². The highest BCUT2D eigenvalue weighted by atomic mass is 16.3. The third-order valence-corrected chi connectivity index (χ3v) is 4.19. The number of aliphatic hydroxyl groups is 1. The van der Waals surface area contributed by atoms with Gasteiger partial charge in [-0.1, -0.05) is 17.7 Å². The van der Waals surface area contributed by atoms with Crippen molar-refractivity contribution in [1.82, 2.24) is 10.2 Å². The first-order valence-corrected chi connectivity index (χ1v) is 7.74. The minimum Gasteiger partial charge on any atom is -0.390 e. The Morgan fingerprint density at radius 2 is 1.75 bits per heavy atom. The van der Waals surface area contributed by atoms with E-state index in [4.69, 9.17) is 0 Å². The van der Waals surface area contributed by atoms with Gasteiger partial charge in [0.25, 0.3) is 0 Å². The number of aliphatic hydroxyl groups excluding tert-OH is 1. The second-order valence-corrected chi connectivity index (χ2v) is 6.17. The zero-order chi connectivity index (χ0) is 14.5. The molecule has 1 unspecified atom stereocenters.